The Morgan fingerprint density at radius 2 is 1.81 bits per heavy atom. The fourth-order valence-corrected chi connectivity index (χ4v) is 3.26. The lowest BCUT2D eigenvalue weighted by molar-refractivity contribution is 0.710. The summed E-state index contributed by atoms with van der Waals surface area (Å²) in [5.74, 6) is 1.14. The number of hydrogen-bond donors (Lipinski definition) is 0. The van der Waals surface area contributed by atoms with Crippen LogP contribution in [0.15, 0.2) is 23.2 Å². The van der Waals surface area contributed by atoms with Crippen molar-refractivity contribution in [1.82, 2.24) is 0 Å². The summed E-state index contributed by atoms with van der Waals surface area (Å²) in [6.07, 6.45) is 6.90. The normalized spacial score (nSPS) is 16.0. The summed E-state index contributed by atoms with van der Waals surface area (Å²) < 4.78 is 0. The molecule has 5 heteroatoms. The molecule has 2 nitrogen and oxygen atoms in total. The molecule has 0 atom stereocenters. The van der Waals surface area contributed by atoms with Gasteiger partial charge in [0.2, 0.25) is 0 Å². The van der Waals surface area contributed by atoms with Gasteiger partial charge in [-0.25, -0.2) is 0 Å². The molecule has 1 aromatic rings. The number of rotatable bonds is 7. The van der Waals surface area contributed by atoms with Crippen molar-refractivity contribution < 1.29 is 0 Å². The molecule has 116 valence electrons. The van der Waals surface area contributed by atoms with E-state index in [0.29, 0.717) is 17.8 Å². The molecule has 1 aromatic carbocycles. The third kappa shape index (κ3) is 5.05. The second kappa shape index (κ2) is 8.87. The van der Waals surface area contributed by atoms with E-state index in [1.165, 1.54) is 25.7 Å². The van der Waals surface area contributed by atoms with Gasteiger partial charge in [-0.15, -0.1) is 23.2 Å². The zero-order valence-corrected chi connectivity index (χ0v) is 14.3. The lowest BCUT2D eigenvalue weighted by Gasteiger charge is -2.23. The first-order valence-electron chi connectivity index (χ1n) is 7.44. The maximum Gasteiger partial charge on any atom is 0.0514 e. The standard InChI is InChI=1S/C16H21Cl3N2/c17-7-9-21(10-8-18)15-6-5-13(16(19)11-15)12-20-14-3-1-2-4-14/h5-6,11-12,14H,1-4,7-10H2. The number of nitrogens with zero attached hydrogens (tertiary/aromatic N) is 2. The Balaban J connectivity index is 2.08. The van der Waals surface area contributed by atoms with Gasteiger partial charge in [0.25, 0.3) is 0 Å². The quantitative estimate of drug-likeness (QED) is 0.501. The summed E-state index contributed by atoms with van der Waals surface area (Å²) in [5.41, 5.74) is 2.03. The van der Waals surface area contributed by atoms with Crippen LogP contribution in [-0.4, -0.2) is 37.1 Å². The van der Waals surface area contributed by atoms with Crippen LogP contribution in [0.1, 0.15) is 31.2 Å². The van der Waals surface area contributed by atoms with Crippen LogP contribution in [0, 0.1) is 0 Å². The molecule has 0 radical (unpaired) electrons. The van der Waals surface area contributed by atoms with E-state index in [9.17, 15) is 0 Å². The zero-order chi connectivity index (χ0) is 15.1. The van der Waals surface area contributed by atoms with E-state index in [2.05, 4.69) is 16.0 Å². The lowest BCUT2D eigenvalue weighted by Crippen LogP contribution is -2.27. The second-order valence-corrected chi connectivity index (χ2v) is 6.45. The minimum atomic E-state index is 0.477. The van der Waals surface area contributed by atoms with Gasteiger partial charge in [0, 0.05) is 48.4 Å². The van der Waals surface area contributed by atoms with E-state index in [0.717, 1.165) is 29.4 Å². The van der Waals surface area contributed by atoms with Crippen molar-refractivity contribution in [3.8, 4) is 0 Å². The molecule has 1 saturated carbocycles. The first-order valence-corrected chi connectivity index (χ1v) is 8.89. The predicted octanol–water partition coefficient (Wildman–Crippen LogP) is 4.99. The average molecular weight is 348 g/mol. The van der Waals surface area contributed by atoms with E-state index in [4.69, 9.17) is 34.8 Å². The molecule has 0 N–H and O–H groups in total. The van der Waals surface area contributed by atoms with E-state index in [-0.39, 0.29) is 0 Å². The van der Waals surface area contributed by atoms with Crippen LogP contribution in [-0.2, 0) is 0 Å². The molecule has 21 heavy (non-hydrogen) atoms. The van der Waals surface area contributed by atoms with Crippen molar-refractivity contribution in [2.75, 3.05) is 29.7 Å². The van der Waals surface area contributed by atoms with Gasteiger partial charge in [0.15, 0.2) is 0 Å². The fourth-order valence-electron chi connectivity index (χ4n) is 2.63. The molecule has 1 fully saturated rings. The molecule has 0 spiro atoms. The van der Waals surface area contributed by atoms with E-state index < -0.39 is 0 Å². The number of hydrogen-bond acceptors (Lipinski definition) is 2. The predicted molar refractivity (Wildman–Crippen MR) is 95.0 cm³/mol. The van der Waals surface area contributed by atoms with Crippen LogP contribution in [0.5, 0.6) is 0 Å². The Labute approximate surface area is 142 Å². The highest BCUT2D eigenvalue weighted by Crippen LogP contribution is 2.24. The first-order chi connectivity index (χ1) is 10.2. The molecule has 1 aliphatic carbocycles. The van der Waals surface area contributed by atoms with Crippen LogP contribution in [0.4, 0.5) is 5.69 Å². The van der Waals surface area contributed by atoms with Gasteiger partial charge in [-0.3, -0.25) is 4.99 Å². The van der Waals surface area contributed by atoms with Crippen LogP contribution >= 0.6 is 34.8 Å². The van der Waals surface area contributed by atoms with Crippen LogP contribution in [0.2, 0.25) is 5.02 Å². The highest BCUT2D eigenvalue weighted by Gasteiger charge is 2.13. The summed E-state index contributed by atoms with van der Waals surface area (Å²) in [5, 5.41) is 0.725. The van der Waals surface area contributed by atoms with Gasteiger partial charge in [0.1, 0.15) is 0 Å². The summed E-state index contributed by atoms with van der Waals surface area (Å²) in [7, 11) is 0. The number of halogens is 3. The molecule has 0 unspecified atom stereocenters. The maximum atomic E-state index is 6.38. The molecule has 0 saturated heterocycles. The Morgan fingerprint density at radius 1 is 1.14 bits per heavy atom. The van der Waals surface area contributed by atoms with Crippen molar-refractivity contribution in [2.24, 2.45) is 4.99 Å². The maximum absolute atomic E-state index is 6.38. The minimum Gasteiger partial charge on any atom is -0.369 e. The van der Waals surface area contributed by atoms with E-state index in [1.807, 2.05) is 18.3 Å². The summed E-state index contributed by atoms with van der Waals surface area (Å²) in [6.45, 7) is 1.53. The number of anilines is 1. The lowest BCUT2D eigenvalue weighted by atomic mass is 10.2. The third-order valence-corrected chi connectivity index (χ3v) is 4.47. The van der Waals surface area contributed by atoms with Crippen molar-refractivity contribution in [3.05, 3.63) is 28.8 Å². The largest absolute Gasteiger partial charge is 0.369 e. The minimum absolute atomic E-state index is 0.477. The SMILES string of the molecule is ClCCN(CCCl)c1ccc(C=NC2CCCC2)c(Cl)c1. The molecule has 2 rings (SSSR count). The summed E-state index contributed by atoms with van der Waals surface area (Å²) in [6, 6.07) is 6.52. The van der Waals surface area contributed by atoms with E-state index in [1.54, 1.807) is 0 Å². The van der Waals surface area contributed by atoms with Gasteiger partial charge >= 0.3 is 0 Å². The van der Waals surface area contributed by atoms with E-state index >= 15 is 0 Å². The summed E-state index contributed by atoms with van der Waals surface area (Å²) in [4.78, 5) is 6.78. The number of alkyl halides is 2. The van der Waals surface area contributed by atoms with Crippen LogP contribution in [0.25, 0.3) is 0 Å². The Kier molecular flexibility index (Phi) is 7.15. The number of aliphatic imine (C=N–C) groups is 1. The molecular weight excluding hydrogens is 327 g/mol. The zero-order valence-electron chi connectivity index (χ0n) is 12.1. The van der Waals surface area contributed by atoms with Crippen LogP contribution < -0.4 is 4.90 Å². The first kappa shape index (κ1) is 16.9. The van der Waals surface area contributed by atoms with Gasteiger partial charge in [0.05, 0.1) is 5.02 Å². The van der Waals surface area contributed by atoms with Crippen molar-refractivity contribution >= 4 is 46.7 Å². The molecule has 0 heterocycles. The summed E-state index contributed by atoms with van der Waals surface area (Å²) >= 11 is 18.0. The molecule has 1 aliphatic rings. The van der Waals surface area contributed by atoms with Gasteiger partial charge in [-0.1, -0.05) is 24.4 Å². The number of benzene rings is 1. The van der Waals surface area contributed by atoms with Crippen molar-refractivity contribution in [1.29, 1.82) is 0 Å². The highest BCUT2D eigenvalue weighted by molar-refractivity contribution is 6.33. The van der Waals surface area contributed by atoms with Crippen molar-refractivity contribution in [3.63, 3.8) is 0 Å². The Bertz CT molecular complexity index is 465. The topological polar surface area (TPSA) is 15.6 Å². The van der Waals surface area contributed by atoms with Gasteiger partial charge < -0.3 is 4.90 Å². The van der Waals surface area contributed by atoms with Crippen molar-refractivity contribution in [2.45, 2.75) is 31.7 Å². The Morgan fingerprint density at radius 3 is 2.38 bits per heavy atom. The third-order valence-electron chi connectivity index (χ3n) is 3.81. The van der Waals surface area contributed by atoms with Gasteiger partial charge in [-0.2, -0.15) is 0 Å². The molecule has 0 aromatic heterocycles. The molecule has 0 aliphatic heterocycles. The smallest absolute Gasteiger partial charge is 0.0514 e. The average Bonchev–Trinajstić information content (AvgIpc) is 2.99. The highest BCUT2D eigenvalue weighted by atomic mass is 35.5. The monoisotopic (exact) mass is 346 g/mol. The van der Waals surface area contributed by atoms with Gasteiger partial charge in [-0.05, 0) is 31.0 Å². The second-order valence-electron chi connectivity index (χ2n) is 5.29. The van der Waals surface area contributed by atoms with Crippen LogP contribution in [0.3, 0.4) is 0 Å². The molecule has 0 amide bonds. The molecule has 0 bridgehead atoms. The fraction of sp³-hybridized carbons (Fsp3) is 0.562. The Hall–Kier alpha value is -0.440. The molecular formula is C16H21Cl3N2.